The van der Waals surface area contributed by atoms with Crippen LogP contribution in [0.4, 0.5) is 10.1 Å². The molecule has 1 aromatic carbocycles. The van der Waals surface area contributed by atoms with Crippen molar-refractivity contribution in [2.45, 2.75) is 65.0 Å². The maximum Gasteiger partial charge on any atom is 0.341 e. The first-order valence-corrected chi connectivity index (χ1v) is 12.5. The molecule has 10 heteroatoms. The van der Waals surface area contributed by atoms with Gasteiger partial charge in [-0.15, -0.1) is 0 Å². The molecular formula is C26H34FN3O6. The highest BCUT2D eigenvalue weighted by Gasteiger charge is 2.33. The zero-order valence-electron chi connectivity index (χ0n) is 21.3. The van der Waals surface area contributed by atoms with Gasteiger partial charge in [0.1, 0.15) is 11.3 Å². The Hall–Kier alpha value is -3.14. The van der Waals surface area contributed by atoms with Crippen LogP contribution in [0.25, 0.3) is 10.9 Å². The second kappa shape index (κ2) is 10.1. The minimum Gasteiger partial charge on any atom is -0.489 e. The number of benzene rings is 1. The number of ether oxygens (including phenoxy) is 1. The van der Waals surface area contributed by atoms with E-state index in [4.69, 9.17) is 9.57 Å². The van der Waals surface area contributed by atoms with Crippen molar-refractivity contribution >= 4 is 29.0 Å². The van der Waals surface area contributed by atoms with Crippen molar-refractivity contribution in [3.63, 3.8) is 0 Å². The van der Waals surface area contributed by atoms with Gasteiger partial charge < -0.3 is 19.3 Å². The third kappa shape index (κ3) is 5.33. The van der Waals surface area contributed by atoms with Crippen molar-refractivity contribution < 1.29 is 28.7 Å². The molecular weight excluding hydrogens is 469 g/mol. The van der Waals surface area contributed by atoms with Crippen LogP contribution in [0.2, 0.25) is 0 Å². The molecule has 2 heterocycles. The number of aromatic nitrogens is 1. The van der Waals surface area contributed by atoms with Crippen molar-refractivity contribution in [3.05, 3.63) is 33.9 Å². The Kier molecular flexibility index (Phi) is 7.26. The van der Waals surface area contributed by atoms with Gasteiger partial charge in [-0.3, -0.25) is 14.4 Å². The second-order valence-corrected chi connectivity index (χ2v) is 10.5. The number of anilines is 1. The van der Waals surface area contributed by atoms with Crippen LogP contribution in [0.3, 0.4) is 0 Å². The highest BCUT2D eigenvalue weighted by atomic mass is 19.1. The van der Waals surface area contributed by atoms with Gasteiger partial charge in [-0.25, -0.2) is 14.2 Å². The number of carbonyl (C=O) groups excluding carboxylic acids is 1. The molecule has 1 amide bonds. The van der Waals surface area contributed by atoms with Crippen molar-refractivity contribution in [3.8, 4) is 5.75 Å². The summed E-state index contributed by atoms with van der Waals surface area (Å²) in [6.45, 7) is 9.26. The third-order valence-electron chi connectivity index (χ3n) is 6.53. The molecule has 0 spiro atoms. The monoisotopic (exact) mass is 503 g/mol. The molecule has 1 atom stereocenters. The number of hydroxylamine groups is 2. The Bertz CT molecular complexity index is 1220. The Morgan fingerprint density at radius 2 is 2.03 bits per heavy atom. The summed E-state index contributed by atoms with van der Waals surface area (Å²) in [4.78, 5) is 43.6. The number of carboxylic acids is 1. The Balaban J connectivity index is 1.68. The molecule has 0 radical (unpaired) electrons. The number of carboxylic acid groups (broad SMARTS) is 1. The van der Waals surface area contributed by atoms with Gasteiger partial charge in [0, 0.05) is 31.9 Å². The van der Waals surface area contributed by atoms with Gasteiger partial charge in [0.05, 0.1) is 23.1 Å². The number of hydrogen-bond donors (Lipinski definition) is 1. The topological polar surface area (TPSA) is 101 Å². The lowest BCUT2D eigenvalue weighted by molar-refractivity contribution is -0.216. The fourth-order valence-corrected chi connectivity index (χ4v) is 4.86. The Morgan fingerprint density at radius 3 is 2.61 bits per heavy atom. The van der Waals surface area contributed by atoms with Crippen molar-refractivity contribution in [2.24, 2.45) is 5.92 Å². The summed E-state index contributed by atoms with van der Waals surface area (Å²) >= 11 is 0. The summed E-state index contributed by atoms with van der Waals surface area (Å²) in [7, 11) is 0. The molecule has 2 aliphatic rings. The van der Waals surface area contributed by atoms with Crippen LogP contribution in [0.1, 0.15) is 69.8 Å². The number of rotatable bonds is 10. The molecule has 1 aliphatic heterocycles. The lowest BCUT2D eigenvalue weighted by atomic mass is 10.1. The van der Waals surface area contributed by atoms with Crippen molar-refractivity contribution in [2.75, 3.05) is 31.1 Å². The molecule has 1 N–H and O–H groups in total. The van der Waals surface area contributed by atoms with E-state index in [1.807, 2.05) is 25.7 Å². The first-order chi connectivity index (χ1) is 17.0. The standard InChI is InChI=1S/C26H34FN3O6/c1-5-35-24-21-18(23(32)19(25(33)34)14-30(21)17-6-7-17)12-20(27)22(24)28-10-8-16(13-28)9-11-29(15-31)36-26(2,3)4/h12,14-17H,5-11,13H2,1-4H3,(H,33,34). The number of hydrogen-bond acceptors (Lipinski definition) is 6. The molecule has 4 rings (SSSR count). The Labute approximate surface area is 209 Å². The molecule has 1 saturated heterocycles. The summed E-state index contributed by atoms with van der Waals surface area (Å²) in [6, 6.07) is 1.20. The number of halogens is 1. The van der Waals surface area contributed by atoms with E-state index in [1.165, 1.54) is 11.3 Å². The van der Waals surface area contributed by atoms with E-state index < -0.39 is 22.8 Å². The summed E-state index contributed by atoms with van der Waals surface area (Å²) in [5.74, 6) is -1.46. The van der Waals surface area contributed by atoms with Gasteiger partial charge in [-0.05, 0) is 65.4 Å². The van der Waals surface area contributed by atoms with E-state index in [1.54, 1.807) is 11.5 Å². The van der Waals surface area contributed by atoms with Crippen LogP contribution in [0.15, 0.2) is 17.1 Å². The highest BCUT2D eigenvalue weighted by Crippen LogP contribution is 2.45. The average molecular weight is 504 g/mol. The molecule has 0 bridgehead atoms. The largest absolute Gasteiger partial charge is 0.489 e. The zero-order chi connectivity index (χ0) is 26.2. The van der Waals surface area contributed by atoms with E-state index in [-0.39, 0.29) is 35.3 Å². The van der Waals surface area contributed by atoms with E-state index in [9.17, 15) is 19.5 Å². The minimum atomic E-state index is -1.33. The first-order valence-electron chi connectivity index (χ1n) is 12.5. The smallest absolute Gasteiger partial charge is 0.341 e. The first kappa shape index (κ1) is 25.9. The minimum absolute atomic E-state index is 0.0169. The second-order valence-electron chi connectivity index (χ2n) is 10.5. The van der Waals surface area contributed by atoms with E-state index in [0.29, 0.717) is 43.7 Å². The third-order valence-corrected chi connectivity index (χ3v) is 6.53. The van der Waals surface area contributed by atoms with Crippen molar-refractivity contribution in [1.82, 2.24) is 9.63 Å². The molecule has 36 heavy (non-hydrogen) atoms. The van der Waals surface area contributed by atoms with Crippen molar-refractivity contribution in [1.29, 1.82) is 0 Å². The lowest BCUT2D eigenvalue weighted by Gasteiger charge is -2.28. The maximum atomic E-state index is 15.6. The predicted octanol–water partition coefficient (Wildman–Crippen LogP) is 3.98. The molecule has 2 aromatic rings. The SMILES string of the molecule is CCOc1c(N2CCC(CCN(C=O)OC(C)(C)C)C2)c(F)cc2c(=O)c(C(=O)O)cn(C3CC3)c12. The summed E-state index contributed by atoms with van der Waals surface area (Å²) in [6.07, 6.45) is 5.25. The summed E-state index contributed by atoms with van der Waals surface area (Å²) in [5.41, 5.74) is -0.835. The van der Waals surface area contributed by atoms with Crippen LogP contribution in [-0.2, 0) is 9.63 Å². The molecule has 2 fully saturated rings. The van der Waals surface area contributed by atoms with Crippen LogP contribution in [0.5, 0.6) is 5.75 Å². The molecule has 1 aliphatic carbocycles. The van der Waals surface area contributed by atoms with E-state index in [2.05, 4.69) is 0 Å². The molecule has 1 aromatic heterocycles. The normalized spacial score (nSPS) is 18.0. The fraction of sp³-hybridized carbons (Fsp3) is 0.577. The van der Waals surface area contributed by atoms with Gasteiger partial charge in [0.25, 0.3) is 0 Å². The molecule has 1 saturated carbocycles. The number of nitrogens with zero attached hydrogens (tertiary/aromatic N) is 3. The van der Waals surface area contributed by atoms with Gasteiger partial charge in [0.15, 0.2) is 11.6 Å². The van der Waals surface area contributed by atoms with Gasteiger partial charge >= 0.3 is 5.97 Å². The van der Waals surface area contributed by atoms with Crippen LogP contribution in [-0.4, -0.2) is 59.0 Å². The van der Waals surface area contributed by atoms with Gasteiger partial charge in [-0.1, -0.05) is 0 Å². The summed E-state index contributed by atoms with van der Waals surface area (Å²) in [5, 5.41) is 10.9. The number of amides is 1. The number of aromatic carboxylic acids is 1. The lowest BCUT2D eigenvalue weighted by Crippen LogP contribution is -2.34. The number of fused-ring (bicyclic) bond motifs is 1. The van der Waals surface area contributed by atoms with Crippen LogP contribution in [0, 0.1) is 11.7 Å². The van der Waals surface area contributed by atoms with E-state index >= 15 is 4.39 Å². The van der Waals surface area contributed by atoms with E-state index in [0.717, 1.165) is 25.3 Å². The van der Waals surface area contributed by atoms with Gasteiger partial charge in [-0.2, -0.15) is 0 Å². The van der Waals surface area contributed by atoms with Gasteiger partial charge in [0.2, 0.25) is 11.8 Å². The van der Waals surface area contributed by atoms with Crippen LogP contribution >= 0.6 is 0 Å². The maximum absolute atomic E-state index is 15.6. The summed E-state index contributed by atoms with van der Waals surface area (Å²) < 4.78 is 23.3. The molecule has 196 valence electrons. The zero-order valence-corrected chi connectivity index (χ0v) is 21.3. The Morgan fingerprint density at radius 1 is 1.31 bits per heavy atom. The number of carbonyl (C=O) groups is 2. The fourth-order valence-electron chi connectivity index (χ4n) is 4.86. The average Bonchev–Trinajstić information content (AvgIpc) is 3.54. The van der Waals surface area contributed by atoms with Crippen LogP contribution < -0.4 is 15.1 Å². The number of pyridine rings is 1. The predicted molar refractivity (Wildman–Crippen MR) is 133 cm³/mol. The molecule has 9 nitrogen and oxygen atoms in total. The quantitative estimate of drug-likeness (QED) is 0.387. The highest BCUT2D eigenvalue weighted by molar-refractivity contribution is 5.97. The molecule has 1 unspecified atom stereocenters.